The summed E-state index contributed by atoms with van der Waals surface area (Å²) >= 11 is 6.13. The SMILES string of the molecule is CCc1nc(Cl)c(C)c(-n2ccnc2CC)n1. The number of halogens is 1. The second-order valence-corrected chi connectivity index (χ2v) is 4.16. The van der Waals surface area contributed by atoms with E-state index < -0.39 is 0 Å². The summed E-state index contributed by atoms with van der Waals surface area (Å²) in [4.78, 5) is 13.1. The molecule has 0 aliphatic carbocycles. The summed E-state index contributed by atoms with van der Waals surface area (Å²) in [6.07, 6.45) is 5.31. The summed E-state index contributed by atoms with van der Waals surface area (Å²) in [5.41, 5.74) is 0.886. The number of aromatic nitrogens is 4. The average molecular weight is 251 g/mol. The number of hydrogen-bond donors (Lipinski definition) is 0. The Morgan fingerprint density at radius 2 is 2.00 bits per heavy atom. The van der Waals surface area contributed by atoms with E-state index in [4.69, 9.17) is 11.6 Å². The van der Waals surface area contributed by atoms with Gasteiger partial charge in [-0.25, -0.2) is 15.0 Å². The van der Waals surface area contributed by atoms with E-state index in [0.29, 0.717) is 5.15 Å². The van der Waals surface area contributed by atoms with Crippen LogP contribution in [0.4, 0.5) is 0 Å². The van der Waals surface area contributed by atoms with Crippen LogP contribution >= 0.6 is 11.6 Å². The van der Waals surface area contributed by atoms with E-state index in [1.54, 1.807) is 6.20 Å². The first-order valence-corrected chi connectivity index (χ1v) is 6.10. The minimum atomic E-state index is 0.516. The molecule has 0 atom stereocenters. The van der Waals surface area contributed by atoms with Crippen LogP contribution in [0.5, 0.6) is 0 Å². The summed E-state index contributed by atoms with van der Waals surface area (Å²) in [5, 5.41) is 0.516. The summed E-state index contributed by atoms with van der Waals surface area (Å²) in [7, 11) is 0. The van der Waals surface area contributed by atoms with Crippen molar-refractivity contribution in [3.63, 3.8) is 0 Å². The first-order chi connectivity index (χ1) is 8.17. The molecule has 2 heterocycles. The molecule has 0 fully saturated rings. The molecule has 0 spiro atoms. The third kappa shape index (κ3) is 2.17. The highest BCUT2D eigenvalue weighted by Crippen LogP contribution is 2.20. The molecule has 0 aliphatic rings. The summed E-state index contributed by atoms with van der Waals surface area (Å²) < 4.78 is 1.97. The fourth-order valence-corrected chi connectivity index (χ4v) is 1.88. The molecule has 0 saturated carbocycles. The standard InChI is InChI=1S/C12H15ClN4/c1-4-9-15-11(13)8(3)12(16-9)17-7-6-14-10(17)5-2/h6-7H,4-5H2,1-3H3. The molecule has 0 bridgehead atoms. The van der Waals surface area contributed by atoms with Crippen LogP contribution in [0.25, 0.3) is 5.82 Å². The molecule has 0 aromatic carbocycles. The third-order valence-corrected chi connectivity index (χ3v) is 3.05. The van der Waals surface area contributed by atoms with Gasteiger partial charge in [-0.05, 0) is 6.92 Å². The molecule has 90 valence electrons. The van der Waals surface area contributed by atoms with Gasteiger partial charge in [-0.3, -0.25) is 4.57 Å². The Morgan fingerprint density at radius 3 is 2.65 bits per heavy atom. The molecule has 0 N–H and O–H groups in total. The predicted molar refractivity (Wildman–Crippen MR) is 67.7 cm³/mol. The van der Waals surface area contributed by atoms with Gasteiger partial charge < -0.3 is 0 Å². The number of hydrogen-bond acceptors (Lipinski definition) is 3. The highest BCUT2D eigenvalue weighted by molar-refractivity contribution is 6.30. The first-order valence-electron chi connectivity index (χ1n) is 5.73. The summed E-state index contributed by atoms with van der Waals surface area (Å²) in [6, 6.07) is 0. The maximum atomic E-state index is 6.13. The van der Waals surface area contributed by atoms with Gasteiger partial charge >= 0.3 is 0 Å². The maximum absolute atomic E-state index is 6.13. The monoisotopic (exact) mass is 250 g/mol. The molecule has 2 aromatic heterocycles. The van der Waals surface area contributed by atoms with Crippen LogP contribution in [0.1, 0.15) is 31.1 Å². The molecule has 0 aliphatic heterocycles. The molecule has 2 rings (SSSR count). The van der Waals surface area contributed by atoms with Crippen molar-refractivity contribution in [2.45, 2.75) is 33.6 Å². The highest BCUT2D eigenvalue weighted by Gasteiger charge is 2.12. The van der Waals surface area contributed by atoms with E-state index in [1.807, 2.05) is 24.6 Å². The minimum absolute atomic E-state index is 0.516. The molecular weight excluding hydrogens is 236 g/mol. The van der Waals surface area contributed by atoms with Crippen LogP contribution in [0.15, 0.2) is 12.4 Å². The molecule has 17 heavy (non-hydrogen) atoms. The van der Waals surface area contributed by atoms with Gasteiger partial charge in [0.2, 0.25) is 0 Å². The lowest BCUT2D eigenvalue weighted by molar-refractivity contribution is 0.825. The van der Waals surface area contributed by atoms with Crippen molar-refractivity contribution in [1.82, 2.24) is 19.5 Å². The van der Waals surface area contributed by atoms with Gasteiger partial charge in [-0.1, -0.05) is 25.4 Å². The lowest BCUT2D eigenvalue weighted by atomic mass is 10.3. The van der Waals surface area contributed by atoms with Gasteiger partial charge in [-0.2, -0.15) is 0 Å². The van der Waals surface area contributed by atoms with Gasteiger partial charge in [0.15, 0.2) is 0 Å². The van der Waals surface area contributed by atoms with Crippen molar-refractivity contribution in [3.05, 3.63) is 34.8 Å². The van der Waals surface area contributed by atoms with Gasteiger partial charge in [0.1, 0.15) is 22.6 Å². The van der Waals surface area contributed by atoms with Crippen molar-refractivity contribution < 1.29 is 0 Å². The van der Waals surface area contributed by atoms with E-state index >= 15 is 0 Å². The van der Waals surface area contributed by atoms with E-state index in [2.05, 4.69) is 21.9 Å². The molecule has 4 nitrogen and oxygen atoms in total. The lowest BCUT2D eigenvalue weighted by Gasteiger charge is -2.11. The molecule has 0 amide bonds. The van der Waals surface area contributed by atoms with Crippen LogP contribution < -0.4 is 0 Å². The Bertz CT molecular complexity index is 533. The van der Waals surface area contributed by atoms with Crippen molar-refractivity contribution >= 4 is 11.6 Å². The zero-order valence-corrected chi connectivity index (χ0v) is 11.0. The van der Waals surface area contributed by atoms with Gasteiger partial charge in [-0.15, -0.1) is 0 Å². The Labute approximate surface area is 106 Å². The van der Waals surface area contributed by atoms with Crippen LogP contribution in [0, 0.1) is 6.92 Å². The first kappa shape index (κ1) is 12.0. The van der Waals surface area contributed by atoms with E-state index in [0.717, 1.165) is 35.9 Å². The second kappa shape index (κ2) is 4.84. The summed E-state index contributed by atoms with van der Waals surface area (Å²) in [6.45, 7) is 6.01. The molecule has 0 unspecified atom stereocenters. The van der Waals surface area contributed by atoms with Crippen LogP contribution in [-0.2, 0) is 12.8 Å². The fraction of sp³-hybridized carbons (Fsp3) is 0.417. The van der Waals surface area contributed by atoms with E-state index in [9.17, 15) is 0 Å². The Balaban J connectivity index is 2.62. The topological polar surface area (TPSA) is 43.6 Å². The van der Waals surface area contributed by atoms with E-state index in [1.165, 1.54) is 0 Å². The van der Waals surface area contributed by atoms with Crippen molar-refractivity contribution in [2.24, 2.45) is 0 Å². The molecule has 5 heteroatoms. The van der Waals surface area contributed by atoms with E-state index in [-0.39, 0.29) is 0 Å². The van der Waals surface area contributed by atoms with Crippen molar-refractivity contribution in [1.29, 1.82) is 0 Å². The zero-order valence-electron chi connectivity index (χ0n) is 10.2. The smallest absolute Gasteiger partial charge is 0.146 e. The molecule has 0 saturated heterocycles. The zero-order chi connectivity index (χ0) is 12.4. The normalized spacial score (nSPS) is 10.8. The van der Waals surface area contributed by atoms with Crippen molar-refractivity contribution in [3.8, 4) is 5.82 Å². The third-order valence-electron chi connectivity index (χ3n) is 2.69. The van der Waals surface area contributed by atoms with Crippen LogP contribution in [0.2, 0.25) is 5.15 Å². The number of aryl methyl sites for hydroxylation is 2. The van der Waals surface area contributed by atoms with Crippen LogP contribution in [0.3, 0.4) is 0 Å². The number of rotatable bonds is 3. The van der Waals surface area contributed by atoms with Gasteiger partial charge in [0.25, 0.3) is 0 Å². The van der Waals surface area contributed by atoms with Gasteiger partial charge in [0.05, 0.1) is 0 Å². The predicted octanol–water partition coefficient (Wildman–Crippen LogP) is 2.75. The van der Waals surface area contributed by atoms with Gasteiger partial charge in [0, 0.05) is 30.8 Å². The van der Waals surface area contributed by atoms with Crippen molar-refractivity contribution in [2.75, 3.05) is 0 Å². The Kier molecular flexibility index (Phi) is 3.43. The maximum Gasteiger partial charge on any atom is 0.146 e. The minimum Gasteiger partial charge on any atom is -0.288 e. The Hall–Kier alpha value is -1.42. The molecular formula is C12H15ClN4. The summed E-state index contributed by atoms with van der Waals surface area (Å²) in [5.74, 6) is 2.56. The second-order valence-electron chi connectivity index (χ2n) is 3.80. The van der Waals surface area contributed by atoms with Crippen LogP contribution in [-0.4, -0.2) is 19.5 Å². The number of imidazole rings is 1. The Morgan fingerprint density at radius 1 is 1.24 bits per heavy atom. The lowest BCUT2D eigenvalue weighted by Crippen LogP contribution is -2.08. The molecule has 0 radical (unpaired) electrons. The largest absolute Gasteiger partial charge is 0.288 e. The fourth-order valence-electron chi connectivity index (χ4n) is 1.70. The number of nitrogens with zero attached hydrogens (tertiary/aromatic N) is 4. The highest BCUT2D eigenvalue weighted by atomic mass is 35.5. The average Bonchev–Trinajstić information content (AvgIpc) is 2.80. The molecule has 2 aromatic rings. The quantitative estimate of drug-likeness (QED) is 0.787.